The van der Waals surface area contributed by atoms with Crippen molar-refractivity contribution in [2.24, 2.45) is 0 Å². The van der Waals surface area contributed by atoms with E-state index in [-0.39, 0.29) is 17.5 Å². The highest BCUT2D eigenvalue weighted by Crippen LogP contribution is 2.26. The molecule has 25 heavy (non-hydrogen) atoms. The summed E-state index contributed by atoms with van der Waals surface area (Å²) in [5, 5.41) is 12.3. The van der Waals surface area contributed by atoms with Crippen LogP contribution in [0.2, 0.25) is 0 Å². The summed E-state index contributed by atoms with van der Waals surface area (Å²) in [6.45, 7) is 1.67. The van der Waals surface area contributed by atoms with E-state index in [4.69, 9.17) is 4.74 Å². The summed E-state index contributed by atoms with van der Waals surface area (Å²) < 4.78 is 5.27. The number of carbonyl (C=O) groups excluding carboxylic acids is 1. The maximum atomic E-state index is 12.6. The Labute approximate surface area is 146 Å². The minimum Gasteiger partial charge on any atom is -0.497 e. The lowest BCUT2D eigenvalue weighted by molar-refractivity contribution is 0.0696. The van der Waals surface area contributed by atoms with Gasteiger partial charge in [0.2, 0.25) is 0 Å². The maximum Gasteiger partial charge on any atom is 0.335 e. The van der Waals surface area contributed by atoms with Crippen LogP contribution in [-0.2, 0) is 12.8 Å². The molecule has 3 rings (SSSR count). The summed E-state index contributed by atoms with van der Waals surface area (Å²) in [6, 6.07) is 10.9. The third-order valence-corrected chi connectivity index (χ3v) is 4.79. The summed E-state index contributed by atoms with van der Waals surface area (Å²) >= 11 is 0. The number of carbonyl (C=O) groups is 2. The van der Waals surface area contributed by atoms with Gasteiger partial charge >= 0.3 is 5.97 Å². The van der Waals surface area contributed by atoms with Crippen molar-refractivity contribution in [3.63, 3.8) is 0 Å². The van der Waals surface area contributed by atoms with Crippen molar-refractivity contribution in [2.75, 3.05) is 7.11 Å². The van der Waals surface area contributed by atoms with E-state index < -0.39 is 5.97 Å². The number of nitrogens with one attached hydrogen (secondary N) is 1. The van der Waals surface area contributed by atoms with E-state index in [0.717, 1.165) is 25.0 Å². The molecule has 0 saturated carbocycles. The zero-order valence-electron chi connectivity index (χ0n) is 14.3. The maximum absolute atomic E-state index is 12.6. The van der Waals surface area contributed by atoms with Gasteiger partial charge in [0, 0.05) is 11.6 Å². The molecule has 1 unspecified atom stereocenters. The molecule has 0 fully saturated rings. The summed E-state index contributed by atoms with van der Waals surface area (Å²) in [6.07, 6.45) is 2.51. The fourth-order valence-corrected chi connectivity index (χ4v) is 3.36. The van der Waals surface area contributed by atoms with E-state index in [9.17, 15) is 14.7 Å². The number of hydrogen-bond acceptors (Lipinski definition) is 3. The van der Waals surface area contributed by atoms with Gasteiger partial charge in [-0.15, -0.1) is 0 Å². The van der Waals surface area contributed by atoms with Crippen molar-refractivity contribution in [2.45, 2.75) is 32.2 Å². The van der Waals surface area contributed by atoms with Gasteiger partial charge in [-0.25, -0.2) is 4.79 Å². The highest BCUT2D eigenvalue weighted by Gasteiger charge is 2.22. The Hall–Kier alpha value is -2.82. The number of carboxylic acids is 1. The fourth-order valence-electron chi connectivity index (χ4n) is 3.36. The standard InChI is InChI=1S/C20H21NO4/c1-12-17(4-3-5-18(12)20(23)24)19(22)21-15-8-6-13-7-9-16(25-2)11-14(13)10-15/h3-5,7,9,11,15H,6,8,10H2,1-2H3,(H,21,22)(H,23,24). The summed E-state index contributed by atoms with van der Waals surface area (Å²) in [5.41, 5.74) is 3.54. The molecular formula is C20H21NO4. The van der Waals surface area contributed by atoms with Crippen LogP contribution in [0.4, 0.5) is 0 Å². The number of aryl methyl sites for hydroxylation is 1. The molecule has 130 valence electrons. The van der Waals surface area contributed by atoms with E-state index in [0.29, 0.717) is 11.1 Å². The molecule has 0 aromatic heterocycles. The van der Waals surface area contributed by atoms with Crippen LogP contribution in [0.15, 0.2) is 36.4 Å². The summed E-state index contributed by atoms with van der Waals surface area (Å²) in [5.74, 6) is -0.432. The molecule has 5 heteroatoms. The van der Waals surface area contributed by atoms with Crippen molar-refractivity contribution >= 4 is 11.9 Å². The highest BCUT2D eigenvalue weighted by molar-refractivity contribution is 6.00. The number of ether oxygens (including phenoxy) is 1. The minimum atomic E-state index is -1.02. The number of amides is 1. The van der Waals surface area contributed by atoms with Gasteiger partial charge in [0.1, 0.15) is 5.75 Å². The number of carboxylic acid groups (broad SMARTS) is 1. The summed E-state index contributed by atoms with van der Waals surface area (Å²) in [4.78, 5) is 23.9. The van der Waals surface area contributed by atoms with Crippen molar-refractivity contribution in [3.05, 3.63) is 64.2 Å². The number of hydrogen-bond donors (Lipinski definition) is 2. The Kier molecular flexibility index (Phi) is 4.74. The van der Waals surface area contributed by atoms with E-state index in [1.165, 1.54) is 17.2 Å². The first kappa shape index (κ1) is 17.0. The summed E-state index contributed by atoms with van der Waals surface area (Å²) in [7, 11) is 1.64. The van der Waals surface area contributed by atoms with Crippen molar-refractivity contribution in [3.8, 4) is 5.75 Å². The average molecular weight is 339 g/mol. The van der Waals surface area contributed by atoms with Crippen LogP contribution >= 0.6 is 0 Å². The van der Waals surface area contributed by atoms with Gasteiger partial charge in [-0.3, -0.25) is 4.79 Å². The molecule has 1 amide bonds. The molecule has 1 aliphatic rings. The Morgan fingerprint density at radius 2 is 1.92 bits per heavy atom. The number of fused-ring (bicyclic) bond motifs is 1. The average Bonchev–Trinajstić information content (AvgIpc) is 2.60. The van der Waals surface area contributed by atoms with Crippen LogP contribution in [0.3, 0.4) is 0 Å². The molecule has 0 heterocycles. The topological polar surface area (TPSA) is 75.6 Å². The van der Waals surface area contributed by atoms with Crippen LogP contribution < -0.4 is 10.1 Å². The van der Waals surface area contributed by atoms with Gasteiger partial charge in [-0.2, -0.15) is 0 Å². The van der Waals surface area contributed by atoms with Crippen LogP contribution in [0.1, 0.15) is 43.8 Å². The number of methoxy groups -OCH3 is 1. The van der Waals surface area contributed by atoms with Crippen LogP contribution in [-0.4, -0.2) is 30.1 Å². The van der Waals surface area contributed by atoms with Crippen molar-refractivity contribution in [1.82, 2.24) is 5.32 Å². The third kappa shape index (κ3) is 3.50. The first-order chi connectivity index (χ1) is 12.0. The molecule has 0 bridgehead atoms. The third-order valence-electron chi connectivity index (χ3n) is 4.79. The monoisotopic (exact) mass is 339 g/mol. The zero-order valence-corrected chi connectivity index (χ0v) is 14.3. The van der Waals surface area contributed by atoms with Crippen LogP contribution in [0.5, 0.6) is 5.75 Å². The lowest BCUT2D eigenvalue weighted by Gasteiger charge is -2.26. The number of benzene rings is 2. The molecule has 2 aromatic carbocycles. The predicted molar refractivity (Wildman–Crippen MR) is 94.4 cm³/mol. The Morgan fingerprint density at radius 3 is 2.64 bits per heavy atom. The smallest absolute Gasteiger partial charge is 0.335 e. The minimum absolute atomic E-state index is 0.0278. The highest BCUT2D eigenvalue weighted by atomic mass is 16.5. The molecule has 0 spiro atoms. The predicted octanol–water partition coefficient (Wildman–Crippen LogP) is 2.99. The quantitative estimate of drug-likeness (QED) is 0.898. The zero-order chi connectivity index (χ0) is 18.0. The second kappa shape index (κ2) is 6.97. The van der Waals surface area contributed by atoms with Gasteiger partial charge < -0.3 is 15.2 Å². The van der Waals surface area contributed by atoms with Crippen molar-refractivity contribution < 1.29 is 19.4 Å². The lowest BCUT2D eigenvalue weighted by atomic mass is 9.88. The molecule has 2 N–H and O–H groups in total. The molecule has 0 aliphatic heterocycles. The fraction of sp³-hybridized carbons (Fsp3) is 0.300. The Morgan fingerprint density at radius 1 is 1.16 bits per heavy atom. The second-order valence-electron chi connectivity index (χ2n) is 6.33. The molecule has 0 radical (unpaired) electrons. The van der Waals surface area contributed by atoms with Gasteiger partial charge in [-0.1, -0.05) is 12.1 Å². The molecule has 0 saturated heterocycles. The second-order valence-corrected chi connectivity index (χ2v) is 6.33. The van der Waals surface area contributed by atoms with Crippen molar-refractivity contribution in [1.29, 1.82) is 0 Å². The SMILES string of the molecule is COc1ccc2c(c1)CC(NC(=O)c1cccc(C(=O)O)c1C)CC2. The van der Waals surface area contributed by atoms with Crippen LogP contribution in [0, 0.1) is 6.92 Å². The number of aromatic carboxylic acids is 1. The molecular weight excluding hydrogens is 318 g/mol. The van der Waals surface area contributed by atoms with E-state index in [2.05, 4.69) is 11.4 Å². The van der Waals surface area contributed by atoms with E-state index in [1.54, 1.807) is 26.2 Å². The largest absolute Gasteiger partial charge is 0.497 e. The van der Waals surface area contributed by atoms with Gasteiger partial charge in [-0.05, 0) is 67.1 Å². The number of rotatable bonds is 4. The molecule has 1 atom stereocenters. The Bertz CT molecular complexity index is 828. The van der Waals surface area contributed by atoms with E-state index >= 15 is 0 Å². The first-order valence-corrected chi connectivity index (χ1v) is 8.29. The molecule has 2 aromatic rings. The van der Waals surface area contributed by atoms with Crippen LogP contribution in [0.25, 0.3) is 0 Å². The van der Waals surface area contributed by atoms with Gasteiger partial charge in [0.15, 0.2) is 0 Å². The first-order valence-electron chi connectivity index (χ1n) is 8.29. The molecule has 5 nitrogen and oxygen atoms in total. The lowest BCUT2D eigenvalue weighted by Crippen LogP contribution is -2.39. The van der Waals surface area contributed by atoms with Gasteiger partial charge in [0.05, 0.1) is 12.7 Å². The molecule has 1 aliphatic carbocycles. The Balaban J connectivity index is 1.76. The van der Waals surface area contributed by atoms with Gasteiger partial charge in [0.25, 0.3) is 5.91 Å². The normalized spacial score (nSPS) is 16.0. The van der Waals surface area contributed by atoms with E-state index in [1.807, 2.05) is 12.1 Å².